The molecule has 1 aromatic carbocycles. The van der Waals surface area contributed by atoms with Crippen molar-refractivity contribution in [2.45, 2.75) is 24.2 Å². The maximum atomic E-state index is 13.0. The third-order valence-corrected chi connectivity index (χ3v) is 8.10. The van der Waals surface area contributed by atoms with Gasteiger partial charge in [0.2, 0.25) is 10.0 Å². The number of likely N-dealkylation sites (tertiary alicyclic amines) is 1. The molecule has 2 aliphatic heterocycles. The Labute approximate surface area is 177 Å². The lowest BCUT2D eigenvalue weighted by Gasteiger charge is -2.38. The number of nitrogens with zero attached hydrogens (tertiary/aromatic N) is 2. The summed E-state index contributed by atoms with van der Waals surface area (Å²) in [6.07, 6.45) is 2.53. The van der Waals surface area contributed by atoms with Crippen molar-refractivity contribution in [2.24, 2.45) is 5.41 Å². The van der Waals surface area contributed by atoms with E-state index in [0.717, 1.165) is 32.4 Å². The van der Waals surface area contributed by atoms with Gasteiger partial charge in [0.25, 0.3) is 0 Å². The predicted molar refractivity (Wildman–Crippen MR) is 112 cm³/mol. The Balaban J connectivity index is 1.59. The lowest BCUT2D eigenvalue weighted by Crippen LogP contribution is -2.46. The molecule has 160 valence electrons. The summed E-state index contributed by atoms with van der Waals surface area (Å²) in [6, 6.07) is 6.58. The fraction of sp³-hybridized carbons (Fsp3) is 0.579. The predicted octanol–water partition coefficient (Wildman–Crippen LogP) is 1.22. The van der Waals surface area contributed by atoms with Gasteiger partial charge in [-0.25, -0.2) is 8.42 Å². The minimum Gasteiger partial charge on any atom is -0.497 e. The van der Waals surface area contributed by atoms with Crippen LogP contribution in [0, 0.1) is 5.41 Å². The largest absolute Gasteiger partial charge is 0.497 e. The molecule has 2 heterocycles. The van der Waals surface area contributed by atoms with Crippen LogP contribution in [0.4, 0.5) is 0 Å². The van der Waals surface area contributed by atoms with Crippen molar-refractivity contribution in [3.63, 3.8) is 0 Å². The number of carbonyl (C=O) groups is 1. The monoisotopic (exact) mass is 441 g/mol. The molecule has 2 saturated heterocycles. The number of esters is 1. The summed E-state index contributed by atoms with van der Waals surface area (Å²) >= 11 is 5.39. The third-order valence-electron chi connectivity index (χ3n) is 5.80. The van der Waals surface area contributed by atoms with E-state index in [1.54, 1.807) is 28.6 Å². The van der Waals surface area contributed by atoms with Gasteiger partial charge in [0.05, 0.1) is 19.1 Å². The van der Waals surface area contributed by atoms with Gasteiger partial charge in [-0.1, -0.05) is 6.07 Å². The smallest absolute Gasteiger partial charge is 0.325 e. The molecule has 1 spiro atoms. The number of carbonyl (C=O) groups excluding carboxylic acids is 1. The Hall–Kier alpha value is -1.91. The van der Waals surface area contributed by atoms with E-state index in [1.807, 2.05) is 0 Å². The Bertz CT molecular complexity index is 866. The molecule has 1 N–H and O–H groups in total. The van der Waals surface area contributed by atoms with E-state index < -0.39 is 10.0 Å². The van der Waals surface area contributed by atoms with Crippen molar-refractivity contribution >= 4 is 33.3 Å². The number of methoxy groups -OCH3 is 2. The van der Waals surface area contributed by atoms with E-state index in [-0.39, 0.29) is 22.8 Å². The molecule has 0 aliphatic carbocycles. The van der Waals surface area contributed by atoms with Crippen LogP contribution >= 0.6 is 12.2 Å². The third kappa shape index (κ3) is 4.81. The van der Waals surface area contributed by atoms with Crippen molar-refractivity contribution in [3.8, 4) is 5.75 Å². The second-order valence-corrected chi connectivity index (χ2v) is 9.81. The van der Waals surface area contributed by atoms with E-state index >= 15 is 0 Å². The minimum absolute atomic E-state index is 0.0470. The zero-order chi connectivity index (χ0) is 21.1. The molecule has 0 atom stereocenters. The van der Waals surface area contributed by atoms with Crippen molar-refractivity contribution in [2.75, 3.05) is 46.9 Å². The molecule has 0 aromatic heterocycles. The first-order valence-electron chi connectivity index (χ1n) is 9.53. The Morgan fingerprint density at radius 2 is 1.90 bits per heavy atom. The number of ether oxygens (including phenoxy) is 2. The van der Waals surface area contributed by atoms with Crippen molar-refractivity contribution in [1.82, 2.24) is 14.5 Å². The van der Waals surface area contributed by atoms with Gasteiger partial charge in [-0.2, -0.15) is 4.31 Å². The van der Waals surface area contributed by atoms with Crippen molar-refractivity contribution in [1.29, 1.82) is 0 Å². The number of hydrogen-bond donors (Lipinski definition) is 1. The highest BCUT2D eigenvalue weighted by molar-refractivity contribution is 7.89. The van der Waals surface area contributed by atoms with Gasteiger partial charge in [0, 0.05) is 32.2 Å². The van der Waals surface area contributed by atoms with Gasteiger partial charge in [0.15, 0.2) is 5.11 Å². The van der Waals surface area contributed by atoms with Gasteiger partial charge in [-0.15, -0.1) is 0 Å². The summed E-state index contributed by atoms with van der Waals surface area (Å²) in [5.74, 6) is 0.163. The fourth-order valence-corrected chi connectivity index (χ4v) is 5.67. The van der Waals surface area contributed by atoms with Crippen LogP contribution in [0.2, 0.25) is 0 Å². The first kappa shape index (κ1) is 21.8. The van der Waals surface area contributed by atoms with E-state index in [2.05, 4.69) is 15.0 Å². The van der Waals surface area contributed by atoms with E-state index in [4.69, 9.17) is 17.0 Å². The highest BCUT2D eigenvalue weighted by Gasteiger charge is 2.43. The average molecular weight is 442 g/mol. The van der Waals surface area contributed by atoms with Gasteiger partial charge in [-0.05, 0) is 49.0 Å². The Morgan fingerprint density at radius 3 is 2.55 bits per heavy atom. The number of nitrogens with one attached hydrogen (secondary N) is 1. The summed E-state index contributed by atoms with van der Waals surface area (Å²) in [5, 5.41) is 3.47. The second-order valence-electron chi connectivity index (χ2n) is 7.49. The van der Waals surface area contributed by atoms with Crippen LogP contribution in [0.1, 0.15) is 19.3 Å². The lowest BCUT2D eigenvalue weighted by atomic mass is 9.78. The van der Waals surface area contributed by atoms with Crippen LogP contribution in [0.5, 0.6) is 5.75 Å². The number of sulfonamides is 1. The van der Waals surface area contributed by atoms with Gasteiger partial charge in [0.1, 0.15) is 12.3 Å². The van der Waals surface area contributed by atoms with E-state index in [0.29, 0.717) is 24.0 Å². The Kier molecular flexibility index (Phi) is 6.65. The zero-order valence-electron chi connectivity index (χ0n) is 16.7. The standard InChI is InChI=1S/C19H27N3O5S2/c1-26-15-4-3-5-16(12-15)29(24,25)22-10-7-19(8-11-22)6-9-21(14-19)18(28)20-13-17(23)27-2/h3-5,12H,6-11,13-14H2,1-2H3,(H,20,28). The van der Waals surface area contributed by atoms with Crippen LogP contribution in [0.25, 0.3) is 0 Å². The Morgan fingerprint density at radius 1 is 1.21 bits per heavy atom. The van der Waals surface area contributed by atoms with Gasteiger partial charge in [-0.3, -0.25) is 4.79 Å². The normalized spacial score (nSPS) is 19.2. The van der Waals surface area contributed by atoms with Crippen LogP contribution in [-0.2, 0) is 19.6 Å². The van der Waals surface area contributed by atoms with Crippen molar-refractivity contribution < 1.29 is 22.7 Å². The fourth-order valence-electron chi connectivity index (χ4n) is 3.96. The topological polar surface area (TPSA) is 88.2 Å². The molecule has 0 unspecified atom stereocenters. The molecule has 2 fully saturated rings. The molecule has 10 heteroatoms. The van der Waals surface area contributed by atoms with Crippen LogP contribution in [-0.4, -0.2) is 75.6 Å². The van der Waals surface area contributed by atoms with E-state index in [9.17, 15) is 13.2 Å². The maximum Gasteiger partial charge on any atom is 0.325 e. The summed E-state index contributed by atoms with van der Waals surface area (Å²) in [5.41, 5.74) is 0.0530. The van der Waals surface area contributed by atoms with Crippen LogP contribution in [0.3, 0.4) is 0 Å². The minimum atomic E-state index is -3.54. The molecule has 29 heavy (non-hydrogen) atoms. The van der Waals surface area contributed by atoms with E-state index in [1.165, 1.54) is 14.2 Å². The molecular formula is C19H27N3O5S2. The molecule has 0 radical (unpaired) electrons. The second kappa shape index (κ2) is 8.85. The van der Waals surface area contributed by atoms with Crippen LogP contribution < -0.4 is 10.1 Å². The molecule has 8 nitrogen and oxygen atoms in total. The molecule has 0 amide bonds. The first-order chi connectivity index (χ1) is 13.8. The highest BCUT2D eigenvalue weighted by atomic mass is 32.2. The number of piperidine rings is 1. The molecule has 2 aliphatic rings. The molecule has 1 aromatic rings. The molecular weight excluding hydrogens is 414 g/mol. The number of rotatable bonds is 5. The average Bonchev–Trinajstić information content (AvgIpc) is 3.15. The SMILES string of the molecule is COC(=O)CNC(=S)N1CCC2(CCN(S(=O)(=O)c3cccc(OC)c3)CC2)C1. The zero-order valence-corrected chi connectivity index (χ0v) is 18.4. The van der Waals surface area contributed by atoms with Gasteiger partial charge < -0.3 is 19.7 Å². The number of thiocarbonyl (C=S) groups is 1. The molecule has 0 bridgehead atoms. The maximum absolute atomic E-state index is 13.0. The molecule has 3 rings (SSSR count). The summed E-state index contributed by atoms with van der Waals surface area (Å²) < 4.78 is 37.3. The van der Waals surface area contributed by atoms with Gasteiger partial charge >= 0.3 is 5.97 Å². The lowest BCUT2D eigenvalue weighted by molar-refractivity contribution is -0.139. The number of benzene rings is 1. The number of hydrogen-bond acceptors (Lipinski definition) is 6. The van der Waals surface area contributed by atoms with Crippen molar-refractivity contribution in [3.05, 3.63) is 24.3 Å². The first-order valence-corrected chi connectivity index (χ1v) is 11.4. The summed E-state index contributed by atoms with van der Waals surface area (Å²) in [7, 11) is -0.682. The summed E-state index contributed by atoms with van der Waals surface area (Å²) in [6.45, 7) is 2.58. The highest BCUT2D eigenvalue weighted by Crippen LogP contribution is 2.41. The summed E-state index contributed by atoms with van der Waals surface area (Å²) in [4.78, 5) is 13.6. The van der Waals surface area contributed by atoms with Crippen LogP contribution in [0.15, 0.2) is 29.2 Å². The quantitative estimate of drug-likeness (QED) is 0.539. The molecule has 0 saturated carbocycles.